The van der Waals surface area contributed by atoms with E-state index in [9.17, 15) is 14.4 Å². The van der Waals surface area contributed by atoms with Crippen LogP contribution in [0.1, 0.15) is 57.0 Å². The molecule has 11 heteroatoms. The van der Waals surface area contributed by atoms with Gasteiger partial charge in [-0.1, -0.05) is 11.6 Å². The van der Waals surface area contributed by atoms with Crippen molar-refractivity contribution in [3.05, 3.63) is 50.6 Å². The Balaban J connectivity index is 1.33. The summed E-state index contributed by atoms with van der Waals surface area (Å²) in [5.41, 5.74) is 2.19. The number of halogens is 1. The molecular weight excluding hydrogens is 514 g/mol. The van der Waals surface area contributed by atoms with Crippen molar-refractivity contribution in [1.82, 2.24) is 25.5 Å². The number of nitrogens with one attached hydrogen (secondary N) is 3. The molecule has 3 unspecified atom stereocenters. The van der Waals surface area contributed by atoms with Gasteiger partial charge in [-0.2, -0.15) is 0 Å². The van der Waals surface area contributed by atoms with E-state index in [0.29, 0.717) is 41.6 Å². The molecule has 196 valence electrons. The Morgan fingerprint density at radius 1 is 1.19 bits per heavy atom. The van der Waals surface area contributed by atoms with Crippen LogP contribution in [0.15, 0.2) is 24.3 Å². The number of esters is 1. The van der Waals surface area contributed by atoms with Crippen LogP contribution in [-0.2, 0) is 22.5 Å². The summed E-state index contributed by atoms with van der Waals surface area (Å²) in [6.45, 7) is 3.77. The SMILES string of the molecule is CCOC(=O)C1CCC(NC(=O)c2cc3cc(Cl)ccc3[nH]2)C(NC(=O)c2nc3c(s2)CN(C)CC3)C1. The Morgan fingerprint density at radius 2 is 2.00 bits per heavy atom. The van der Waals surface area contributed by atoms with Crippen molar-refractivity contribution in [3.63, 3.8) is 0 Å². The molecule has 3 N–H and O–H groups in total. The molecule has 37 heavy (non-hydrogen) atoms. The van der Waals surface area contributed by atoms with Crippen molar-refractivity contribution in [1.29, 1.82) is 0 Å². The van der Waals surface area contributed by atoms with E-state index in [1.807, 2.05) is 6.07 Å². The molecule has 1 aliphatic heterocycles. The van der Waals surface area contributed by atoms with Gasteiger partial charge in [-0.25, -0.2) is 4.98 Å². The Hall–Kier alpha value is -2.95. The van der Waals surface area contributed by atoms with Crippen LogP contribution in [-0.4, -0.2) is 64.9 Å². The zero-order chi connectivity index (χ0) is 26.1. The predicted molar refractivity (Wildman–Crippen MR) is 142 cm³/mol. The third kappa shape index (κ3) is 5.66. The number of rotatable bonds is 6. The van der Waals surface area contributed by atoms with Crippen LogP contribution in [0.4, 0.5) is 0 Å². The average molecular weight is 544 g/mol. The van der Waals surface area contributed by atoms with E-state index in [1.54, 1.807) is 25.1 Å². The molecule has 1 aliphatic carbocycles. The standard InChI is InChI=1S/C26H30ClN5O4S/c1-3-36-26(35)14-4-6-18(29-23(33)21-12-15-10-16(27)5-7-17(15)28-21)20(11-14)30-24(34)25-31-19-8-9-32(2)13-22(19)37-25/h5,7,10,12,14,18,20,28H,3-4,6,8-9,11,13H2,1-2H3,(H,29,33)(H,30,34). The van der Waals surface area contributed by atoms with E-state index in [4.69, 9.17) is 16.3 Å². The highest BCUT2D eigenvalue weighted by molar-refractivity contribution is 7.13. The highest BCUT2D eigenvalue weighted by Gasteiger charge is 2.37. The summed E-state index contributed by atoms with van der Waals surface area (Å²) >= 11 is 7.49. The topological polar surface area (TPSA) is 116 Å². The molecular formula is C26H30ClN5O4S. The second-order valence-corrected chi connectivity index (χ2v) is 11.2. The lowest BCUT2D eigenvalue weighted by atomic mass is 9.82. The summed E-state index contributed by atoms with van der Waals surface area (Å²) in [5.74, 6) is -1.17. The van der Waals surface area contributed by atoms with Gasteiger partial charge in [-0.3, -0.25) is 14.4 Å². The molecule has 2 amide bonds. The van der Waals surface area contributed by atoms with E-state index in [-0.39, 0.29) is 29.7 Å². The van der Waals surface area contributed by atoms with E-state index >= 15 is 0 Å². The molecule has 0 radical (unpaired) electrons. The van der Waals surface area contributed by atoms with Gasteiger partial charge >= 0.3 is 5.97 Å². The van der Waals surface area contributed by atoms with Gasteiger partial charge in [0.15, 0.2) is 5.01 Å². The summed E-state index contributed by atoms with van der Waals surface area (Å²) in [6.07, 6.45) is 2.30. The minimum atomic E-state index is -0.443. The summed E-state index contributed by atoms with van der Waals surface area (Å²) in [6, 6.07) is 6.35. The normalized spacial score (nSPS) is 21.9. The Kier molecular flexibility index (Phi) is 7.50. The fourth-order valence-electron chi connectivity index (χ4n) is 5.10. The fourth-order valence-corrected chi connectivity index (χ4v) is 6.37. The molecule has 2 aliphatic rings. The molecule has 3 atom stereocenters. The van der Waals surface area contributed by atoms with Crippen molar-refractivity contribution in [3.8, 4) is 0 Å². The summed E-state index contributed by atoms with van der Waals surface area (Å²) in [7, 11) is 2.05. The van der Waals surface area contributed by atoms with Crippen molar-refractivity contribution >= 4 is 51.6 Å². The number of carbonyl (C=O) groups excluding carboxylic acids is 3. The maximum absolute atomic E-state index is 13.2. The van der Waals surface area contributed by atoms with E-state index in [1.165, 1.54) is 11.3 Å². The van der Waals surface area contributed by atoms with Crippen LogP contribution < -0.4 is 10.6 Å². The molecule has 1 aromatic carbocycles. The van der Waals surface area contributed by atoms with Crippen molar-refractivity contribution in [2.75, 3.05) is 20.2 Å². The van der Waals surface area contributed by atoms with Gasteiger partial charge in [-0.05, 0) is 57.5 Å². The Bertz CT molecular complexity index is 1340. The number of aromatic amines is 1. The van der Waals surface area contributed by atoms with E-state index in [0.717, 1.165) is 41.0 Å². The molecule has 0 saturated heterocycles. The number of thiazole rings is 1. The van der Waals surface area contributed by atoms with Crippen LogP contribution >= 0.6 is 22.9 Å². The molecule has 3 aromatic rings. The lowest BCUT2D eigenvalue weighted by Gasteiger charge is -2.35. The first-order chi connectivity index (χ1) is 17.8. The number of hydrogen-bond acceptors (Lipinski definition) is 7. The molecule has 5 rings (SSSR count). The van der Waals surface area contributed by atoms with Crippen LogP contribution in [0.2, 0.25) is 5.02 Å². The minimum absolute atomic E-state index is 0.272. The number of amides is 2. The first-order valence-corrected chi connectivity index (χ1v) is 13.7. The van der Waals surface area contributed by atoms with Crippen molar-refractivity contribution < 1.29 is 19.1 Å². The second-order valence-electron chi connectivity index (χ2n) is 9.71. The number of aromatic nitrogens is 2. The Labute approximate surface area is 223 Å². The monoisotopic (exact) mass is 543 g/mol. The molecule has 3 heterocycles. The third-order valence-corrected chi connectivity index (χ3v) is 8.36. The number of hydrogen-bond donors (Lipinski definition) is 3. The van der Waals surface area contributed by atoms with Gasteiger partial charge in [0.25, 0.3) is 11.8 Å². The number of likely N-dealkylation sites (N-methyl/N-ethyl adjacent to an activating group) is 1. The second kappa shape index (κ2) is 10.8. The third-order valence-electron chi connectivity index (χ3n) is 7.05. The molecule has 2 aromatic heterocycles. The number of carbonyl (C=O) groups is 3. The number of benzene rings is 1. The molecule has 1 fully saturated rings. The van der Waals surface area contributed by atoms with Crippen LogP contribution in [0.3, 0.4) is 0 Å². The summed E-state index contributed by atoms with van der Waals surface area (Å²) in [4.78, 5) is 49.9. The highest BCUT2D eigenvalue weighted by atomic mass is 35.5. The van der Waals surface area contributed by atoms with Gasteiger partial charge in [0.05, 0.1) is 24.3 Å². The van der Waals surface area contributed by atoms with Crippen molar-refractivity contribution in [2.24, 2.45) is 5.92 Å². The zero-order valence-electron chi connectivity index (χ0n) is 20.8. The van der Waals surface area contributed by atoms with Gasteiger partial charge in [0.1, 0.15) is 5.69 Å². The number of ether oxygens (including phenoxy) is 1. The largest absolute Gasteiger partial charge is 0.466 e. The first kappa shape index (κ1) is 25.7. The summed E-state index contributed by atoms with van der Waals surface area (Å²) in [5, 5.41) is 7.98. The molecule has 0 spiro atoms. The maximum atomic E-state index is 13.2. The Morgan fingerprint density at radius 3 is 2.81 bits per heavy atom. The van der Waals surface area contributed by atoms with Gasteiger partial charge in [0.2, 0.25) is 0 Å². The van der Waals surface area contributed by atoms with Crippen LogP contribution in [0, 0.1) is 5.92 Å². The summed E-state index contributed by atoms with van der Waals surface area (Å²) < 4.78 is 5.24. The van der Waals surface area contributed by atoms with E-state index < -0.39 is 6.04 Å². The smallest absolute Gasteiger partial charge is 0.308 e. The quantitative estimate of drug-likeness (QED) is 0.410. The zero-order valence-corrected chi connectivity index (χ0v) is 22.4. The number of H-pyrrole nitrogens is 1. The predicted octanol–water partition coefficient (Wildman–Crippen LogP) is 3.53. The van der Waals surface area contributed by atoms with Gasteiger partial charge in [-0.15, -0.1) is 11.3 Å². The minimum Gasteiger partial charge on any atom is -0.466 e. The fraction of sp³-hybridized carbons (Fsp3) is 0.462. The molecule has 1 saturated carbocycles. The highest BCUT2D eigenvalue weighted by Crippen LogP contribution is 2.29. The molecule has 0 bridgehead atoms. The first-order valence-electron chi connectivity index (χ1n) is 12.5. The number of fused-ring (bicyclic) bond motifs is 2. The molecule has 9 nitrogen and oxygen atoms in total. The van der Waals surface area contributed by atoms with Crippen molar-refractivity contribution in [2.45, 2.75) is 51.2 Å². The lowest BCUT2D eigenvalue weighted by Crippen LogP contribution is -2.55. The van der Waals surface area contributed by atoms with Gasteiger partial charge < -0.3 is 25.3 Å². The van der Waals surface area contributed by atoms with Crippen LogP contribution in [0.25, 0.3) is 10.9 Å². The average Bonchev–Trinajstić information content (AvgIpc) is 3.49. The number of nitrogens with zero attached hydrogens (tertiary/aromatic N) is 2. The van der Waals surface area contributed by atoms with Crippen LogP contribution in [0.5, 0.6) is 0 Å². The maximum Gasteiger partial charge on any atom is 0.308 e. The van der Waals surface area contributed by atoms with E-state index in [2.05, 4.69) is 32.5 Å². The lowest BCUT2D eigenvalue weighted by molar-refractivity contribution is -0.149. The van der Waals surface area contributed by atoms with Gasteiger partial charge in [0, 0.05) is 46.4 Å².